The number of halogens is 5. The topological polar surface area (TPSA) is 161 Å². The number of amides is 5. The zero-order chi connectivity index (χ0) is 46.3. The van der Waals surface area contributed by atoms with E-state index in [1.165, 1.54) is 23.2 Å². The summed E-state index contributed by atoms with van der Waals surface area (Å²) in [5.74, 6) is -3.87. The Kier molecular flexibility index (Phi) is 10.8. The van der Waals surface area contributed by atoms with Crippen molar-refractivity contribution in [3.8, 4) is 0 Å². The van der Waals surface area contributed by atoms with Crippen molar-refractivity contribution in [3.05, 3.63) is 117 Å². The lowest BCUT2D eigenvalue weighted by atomic mass is 9.63. The first-order valence-corrected chi connectivity index (χ1v) is 21.9. The zero-order valence-corrected chi connectivity index (χ0v) is 36.6. The van der Waals surface area contributed by atoms with Gasteiger partial charge in [0.2, 0.25) is 17.7 Å². The summed E-state index contributed by atoms with van der Waals surface area (Å²) < 4.78 is 58.2. The number of hydrogen-bond donors (Lipinski definition) is 3. The van der Waals surface area contributed by atoms with Crippen LogP contribution in [0.3, 0.4) is 0 Å². The number of nitrogens with zero attached hydrogens (tertiary/aromatic N) is 5. The van der Waals surface area contributed by atoms with Crippen molar-refractivity contribution < 1.29 is 41.5 Å². The molecule has 3 saturated heterocycles. The number of imide groups is 1. The molecule has 13 nitrogen and oxygen atoms in total. The number of anilines is 3. The number of alkyl halides is 3. The van der Waals surface area contributed by atoms with Crippen LogP contribution in [0.15, 0.2) is 72.9 Å². The Morgan fingerprint density at radius 2 is 1.66 bits per heavy atom. The summed E-state index contributed by atoms with van der Waals surface area (Å²) in [7, 11) is 0. The van der Waals surface area contributed by atoms with Crippen LogP contribution in [0.5, 0.6) is 0 Å². The average Bonchev–Trinajstić information content (AvgIpc) is 3.89. The second-order valence-corrected chi connectivity index (χ2v) is 19.1. The fourth-order valence-corrected chi connectivity index (χ4v) is 10.9. The van der Waals surface area contributed by atoms with Gasteiger partial charge in [-0.25, -0.2) is 4.39 Å². The van der Waals surface area contributed by atoms with E-state index in [-0.39, 0.29) is 59.9 Å². The third-order valence-corrected chi connectivity index (χ3v) is 13.9. The van der Waals surface area contributed by atoms with Gasteiger partial charge < -0.3 is 30.7 Å². The Labute approximate surface area is 377 Å². The molecule has 5 amide bonds. The highest BCUT2D eigenvalue weighted by Gasteiger charge is 2.65. The Morgan fingerprint density at radius 3 is 2.32 bits per heavy atom. The SMILES string of the molecule is CC(C)(C)C[C@@H]1N(c2ccc(C(=O)N3CCN(c4ccc5c(c4)CN(C4CCC(=O)NC4=O)C5=O)CC3)cc2)[C@@H](C(N)=O)[C@H](c2cccc(Cl)c2F)[C@]12CNc1cc(C(F)(F)F)ncc12. The van der Waals surface area contributed by atoms with E-state index in [4.69, 9.17) is 17.3 Å². The highest BCUT2D eigenvalue weighted by Crippen LogP contribution is 2.60. The normalized spacial score (nSPS) is 24.3. The van der Waals surface area contributed by atoms with Crippen molar-refractivity contribution in [2.75, 3.05) is 47.8 Å². The van der Waals surface area contributed by atoms with E-state index in [2.05, 4.69) is 20.5 Å². The van der Waals surface area contributed by atoms with Crippen molar-refractivity contribution in [2.24, 2.45) is 11.1 Å². The first kappa shape index (κ1) is 44.0. The van der Waals surface area contributed by atoms with Crippen LogP contribution in [-0.4, -0.2) is 95.2 Å². The summed E-state index contributed by atoms with van der Waals surface area (Å²) in [5, 5.41) is 5.30. The van der Waals surface area contributed by atoms with Crippen molar-refractivity contribution in [3.63, 3.8) is 0 Å². The summed E-state index contributed by atoms with van der Waals surface area (Å²) >= 11 is 6.37. The first-order valence-electron chi connectivity index (χ1n) is 21.5. The molecule has 3 fully saturated rings. The minimum atomic E-state index is -4.73. The minimum Gasteiger partial charge on any atom is -0.384 e. The van der Waals surface area contributed by atoms with E-state index >= 15 is 4.39 Å². The number of rotatable bonds is 7. The van der Waals surface area contributed by atoms with E-state index in [1.54, 1.807) is 41.3 Å². The van der Waals surface area contributed by atoms with Gasteiger partial charge in [-0.3, -0.25) is 34.3 Å². The number of primary amides is 1. The third-order valence-electron chi connectivity index (χ3n) is 13.6. The number of piperazine rings is 1. The lowest BCUT2D eigenvalue weighted by Crippen LogP contribution is -2.52. The molecule has 340 valence electrons. The number of piperidine rings is 1. The number of aromatic nitrogens is 1. The number of pyridine rings is 1. The molecular weight excluding hydrogens is 868 g/mol. The van der Waals surface area contributed by atoms with Crippen molar-refractivity contribution in [1.82, 2.24) is 20.1 Å². The highest BCUT2D eigenvalue weighted by molar-refractivity contribution is 6.30. The number of nitrogens with two attached hydrogens (primary N) is 1. The molecule has 0 bridgehead atoms. The van der Waals surface area contributed by atoms with Crippen molar-refractivity contribution >= 4 is 58.2 Å². The molecule has 9 rings (SSSR count). The van der Waals surface area contributed by atoms with Crippen LogP contribution < -0.4 is 26.2 Å². The van der Waals surface area contributed by atoms with Gasteiger partial charge in [0.1, 0.15) is 23.6 Å². The summed E-state index contributed by atoms with van der Waals surface area (Å²) in [6, 6.07) is 15.2. The lowest BCUT2D eigenvalue weighted by molar-refractivity contribution is -0.141. The highest BCUT2D eigenvalue weighted by atomic mass is 35.5. The molecule has 4 N–H and O–H groups in total. The maximum Gasteiger partial charge on any atom is 0.433 e. The summed E-state index contributed by atoms with van der Waals surface area (Å²) in [6.07, 6.45) is -2.72. The number of fused-ring (bicyclic) bond motifs is 3. The van der Waals surface area contributed by atoms with E-state index in [1.807, 2.05) is 37.8 Å². The maximum atomic E-state index is 16.4. The number of hydrogen-bond acceptors (Lipinski definition) is 9. The van der Waals surface area contributed by atoms with Gasteiger partial charge in [0.15, 0.2) is 0 Å². The smallest absolute Gasteiger partial charge is 0.384 e. The Hall–Kier alpha value is -6.23. The molecule has 0 saturated carbocycles. The van der Waals surface area contributed by atoms with Gasteiger partial charge in [-0.1, -0.05) is 44.5 Å². The molecule has 5 aliphatic rings. The average molecular weight is 915 g/mol. The van der Waals surface area contributed by atoms with Gasteiger partial charge in [0.25, 0.3) is 11.8 Å². The van der Waals surface area contributed by atoms with Gasteiger partial charge in [0.05, 0.1) is 5.02 Å². The van der Waals surface area contributed by atoms with Crippen molar-refractivity contribution in [2.45, 2.75) is 82.2 Å². The molecule has 5 atom stereocenters. The molecule has 6 heterocycles. The molecular formula is C47H47ClF4N8O5. The van der Waals surface area contributed by atoms with Crippen LogP contribution in [0.1, 0.15) is 89.1 Å². The molecule has 65 heavy (non-hydrogen) atoms. The van der Waals surface area contributed by atoms with Crippen LogP contribution in [0.4, 0.5) is 34.6 Å². The first-order chi connectivity index (χ1) is 30.8. The molecule has 5 aliphatic heterocycles. The predicted molar refractivity (Wildman–Crippen MR) is 234 cm³/mol. The van der Waals surface area contributed by atoms with E-state index in [9.17, 15) is 37.1 Å². The van der Waals surface area contributed by atoms with Crippen LogP contribution in [0.2, 0.25) is 5.02 Å². The Bertz CT molecular complexity index is 2630. The fourth-order valence-electron chi connectivity index (χ4n) is 10.7. The van der Waals surface area contributed by atoms with Gasteiger partial charge in [-0.2, -0.15) is 13.2 Å². The molecule has 18 heteroatoms. The Morgan fingerprint density at radius 1 is 0.954 bits per heavy atom. The summed E-state index contributed by atoms with van der Waals surface area (Å²) in [6.45, 7) is 8.11. The van der Waals surface area contributed by atoms with Gasteiger partial charge >= 0.3 is 6.18 Å². The van der Waals surface area contributed by atoms with Crippen LogP contribution in [-0.2, 0) is 32.5 Å². The molecule has 1 spiro atoms. The molecule has 1 aromatic heterocycles. The van der Waals surface area contributed by atoms with E-state index < -0.39 is 64.4 Å². The van der Waals surface area contributed by atoms with Crippen molar-refractivity contribution in [1.29, 1.82) is 0 Å². The lowest BCUT2D eigenvalue weighted by Gasteiger charge is -2.41. The fraction of sp³-hybridized carbons (Fsp3) is 0.404. The molecule has 0 radical (unpaired) electrons. The number of benzene rings is 3. The second kappa shape index (κ2) is 16.0. The second-order valence-electron chi connectivity index (χ2n) is 18.7. The third kappa shape index (κ3) is 7.60. The summed E-state index contributed by atoms with van der Waals surface area (Å²) in [4.78, 5) is 76.5. The molecule has 0 aliphatic carbocycles. The van der Waals surface area contributed by atoms with Gasteiger partial charge in [-0.15, -0.1) is 0 Å². The Balaban J connectivity index is 0.985. The minimum absolute atomic E-state index is 0.0376. The van der Waals surface area contributed by atoms with E-state index in [0.717, 1.165) is 17.3 Å². The largest absolute Gasteiger partial charge is 0.433 e. The van der Waals surface area contributed by atoms with Gasteiger partial charge in [0, 0.05) is 103 Å². The number of nitrogens with one attached hydrogen (secondary N) is 2. The number of carbonyl (C=O) groups excluding carboxylic acids is 5. The number of carbonyl (C=O) groups is 5. The zero-order valence-electron chi connectivity index (χ0n) is 35.8. The molecule has 4 aromatic rings. The predicted octanol–water partition coefficient (Wildman–Crippen LogP) is 6.24. The quantitative estimate of drug-likeness (QED) is 0.144. The maximum absolute atomic E-state index is 16.4. The van der Waals surface area contributed by atoms with Crippen LogP contribution in [0.25, 0.3) is 0 Å². The summed E-state index contributed by atoms with van der Waals surface area (Å²) in [5.41, 5.74) is 7.27. The molecule has 3 aromatic carbocycles. The van der Waals surface area contributed by atoms with Crippen LogP contribution >= 0.6 is 11.6 Å². The van der Waals surface area contributed by atoms with E-state index in [0.29, 0.717) is 55.0 Å². The monoisotopic (exact) mass is 914 g/mol. The van der Waals surface area contributed by atoms with Gasteiger partial charge in [-0.05, 0) is 84.0 Å². The van der Waals surface area contributed by atoms with Crippen LogP contribution in [0, 0.1) is 11.2 Å². The standard InChI is InChI=1S/C47H47ClF4N8O5/c1-45(2,3)21-36-46(24-55-33-20-35(47(50,51)52)54-22-31(33)46)38(30-5-4-6-32(48)39(30)49)40(41(53)62)60(36)27-9-7-25(8-10-27)43(64)58-17-15-57(16-18-58)28-11-12-29-26(19-28)23-59(44(29)65)34-13-14-37(61)56-42(34)63/h4-12,19-20,22,34,36,38,40,55H,13-18,21,23-24H2,1-3H3,(H2,53,62)(H,56,61,63)/t34?,36-,38-,40+,46-/m0/s1. The molecule has 1 unspecified atom stereocenters.